The highest BCUT2D eigenvalue weighted by Gasteiger charge is 2.28. The van der Waals surface area contributed by atoms with Crippen molar-refractivity contribution in [3.05, 3.63) is 34.7 Å². The molecular weight excluding hydrogens is 465 g/mol. The number of carbonyl (C=O) groups excluding carboxylic acids is 1. The van der Waals surface area contributed by atoms with Crippen LogP contribution in [0.3, 0.4) is 0 Å². The lowest BCUT2D eigenvalue weighted by molar-refractivity contribution is -0.0394. The smallest absolute Gasteiger partial charge is 0.415 e. The molecule has 1 N–H and O–H groups in total. The first-order valence-corrected chi connectivity index (χ1v) is 11.5. The van der Waals surface area contributed by atoms with Gasteiger partial charge >= 0.3 is 6.09 Å². The van der Waals surface area contributed by atoms with Crippen molar-refractivity contribution < 1.29 is 14.3 Å². The van der Waals surface area contributed by atoms with Gasteiger partial charge in [0.05, 0.1) is 33.5 Å². The van der Waals surface area contributed by atoms with Crippen LogP contribution in [-0.2, 0) is 9.47 Å². The van der Waals surface area contributed by atoms with Crippen molar-refractivity contribution in [3.63, 3.8) is 0 Å². The molecule has 10 heteroatoms. The van der Waals surface area contributed by atoms with Crippen molar-refractivity contribution in [2.24, 2.45) is 0 Å². The number of benzene rings is 1. The number of amides is 1. The number of nitriles is 1. The normalized spacial score (nSPS) is 16.5. The van der Waals surface area contributed by atoms with E-state index >= 15 is 0 Å². The second-order valence-corrected chi connectivity index (χ2v) is 9.68. The summed E-state index contributed by atoms with van der Waals surface area (Å²) in [4.78, 5) is 17.4. The van der Waals surface area contributed by atoms with Crippen molar-refractivity contribution in [3.8, 4) is 17.2 Å². The van der Waals surface area contributed by atoms with Crippen molar-refractivity contribution in [1.29, 1.82) is 5.26 Å². The number of halogens is 2. The number of anilines is 1. The minimum atomic E-state index is -0.734. The van der Waals surface area contributed by atoms with E-state index in [9.17, 15) is 10.1 Å². The zero-order valence-electron chi connectivity index (χ0n) is 18.7. The average molecular weight is 490 g/mol. The predicted molar refractivity (Wildman–Crippen MR) is 128 cm³/mol. The summed E-state index contributed by atoms with van der Waals surface area (Å²) in [6.45, 7) is 5.79. The van der Waals surface area contributed by atoms with Gasteiger partial charge in [-0.2, -0.15) is 10.4 Å². The molecule has 1 unspecified atom stereocenters. The van der Waals surface area contributed by atoms with Crippen LogP contribution in [0.2, 0.25) is 10.0 Å². The van der Waals surface area contributed by atoms with Crippen molar-refractivity contribution in [1.82, 2.24) is 14.8 Å². The number of aromatic amines is 1. The fraction of sp³-hybridized carbons (Fsp3) is 0.435. The molecule has 1 saturated heterocycles. The predicted octanol–water partition coefficient (Wildman–Crippen LogP) is 6.30. The van der Waals surface area contributed by atoms with Crippen LogP contribution < -0.4 is 4.90 Å². The Balaban J connectivity index is 1.83. The average Bonchev–Trinajstić information content (AvgIpc) is 3.41. The summed E-state index contributed by atoms with van der Waals surface area (Å²) in [7, 11) is 0. The number of hydrogen-bond donors (Lipinski definition) is 1. The second kappa shape index (κ2) is 9.26. The summed E-state index contributed by atoms with van der Waals surface area (Å²) < 4.78 is 13.2. The first-order valence-electron chi connectivity index (χ1n) is 10.7. The summed E-state index contributed by atoms with van der Waals surface area (Å²) in [5.74, 6) is 0. The third-order valence-electron chi connectivity index (χ3n) is 5.33. The molecule has 0 radical (unpaired) electrons. The van der Waals surface area contributed by atoms with Crippen LogP contribution in [0, 0.1) is 11.3 Å². The van der Waals surface area contributed by atoms with E-state index < -0.39 is 11.7 Å². The van der Waals surface area contributed by atoms with Gasteiger partial charge in [-0.05, 0) is 46.1 Å². The van der Waals surface area contributed by atoms with Gasteiger partial charge in [-0.15, -0.1) is 0 Å². The monoisotopic (exact) mass is 489 g/mol. The van der Waals surface area contributed by atoms with Gasteiger partial charge < -0.3 is 14.5 Å². The minimum Gasteiger partial charge on any atom is -0.443 e. The van der Waals surface area contributed by atoms with Crippen molar-refractivity contribution in [2.45, 2.75) is 51.9 Å². The van der Waals surface area contributed by atoms with Crippen LogP contribution in [-0.4, -0.2) is 39.6 Å². The van der Waals surface area contributed by atoms with Crippen LogP contribution in [0.4, 0.5) is 10.5 Å². The summed E-state index contributed by atoms with van der Waals surface area (Å²) in [5, 5.41) is 15.2. The Bertz CT molecular complexity index is 1220. The first kappa shape index (κ1) is 23.4. The van der Waals surface area contributed by atoms with E-state index in [1.165, 1.54) is 4.90 Å². The Morgan fingerprint density at radius 1 is 1.42 bits per heavy atom. The van der Waals surface area contributed by atoms with Crippen LogP contribution >= 0.6 is 23.2 Å². The van der Waals surface area contributed by atoms with Gasteiger partial charge in [0.1, 0.15) is 18.4 Å². The maximum atomic E-state index is 13.0. The third kappa shape index (κ3) is 4.81. The van der Waals surface area contributed by atoms with E-state index in [-0.39, 0.29) is 17.8 Å². The van der Waals surface area contributed by atoms with E-state index in [4.69, 9.17) is 32.7 Å². The highest BCUT2D eigenvalue weighted by molar-refractivity contribution is 6.46. The lowest BCUT2D eigenvalue weighted by Gasteiger charge is -2.27. The molecule has 0 bridgehead atoms. The van der Waals surface area contributed by atoms with Gasteiger partial charge in [0.2, 0.25) is 0 Å². The van der Waals surface area contributed by atoms with Gasteiger partial charge in [0.15, 0.2) is 0 Å². The molecule has 0 spiro atoms. The van der Waals surface area contributed by atoms with Crippen molar-refractivity contribution in [2.75, 3.05) is 18.1 Å². The van der Waals surface area contributed by atoms with Crippen LogP contribution in [0.5, 0.6) is 0 Å². The standard InChI is InChI=1S/C23H25Cl2N5O3/c1-23(2,3)33-22(31)29(8-7-26)17-10-16(24)20(25)21-19(17)15(12-27-21)14-11-28-30(13-14)18-6-4-5-9-32-18/h10-13,18,27H,4-6,8-9H2,1-3H3. The molecule has 0 aliphatic carbocycles. The van der Waals surface area contributed by atoms with Crippen LogP contribution in [0.15, 0.2) is 24.7 Å². The number of H-pyrrole nitrogens is 1. The Hall–Kier alpha value is -2.73. The molecule has 3 aromatic rings. The number of ether oxygens (including phenoxy) is 2. The third-order valence-corrected chi connectivity index (χ3v) is 6.11. The summed E-state index contributed by atoms with van der Waals surface area (Å²) in [6, 6.07) is 3.62. The minimum absolute atomic E-state index is 0.105. The topological polar surface area (TPSA) is 96.2 Å². The van der Waals surface area contributed by atoms with Crippen molar-refractivity contribution >= 4 is 45.9 Å². The number of nitrogens with one attached hydrogen (secondary N) is 1. The molecule has 0 saturated carbocycles. The van der Waals surface area contributed by atoms with Crippen LogP contribution in [0.25, 0.3) is 22.0 Å². The maximum absolute atomic E-state index is 13.0. The second-order valence-electron chi connectivity index (χ2n) is 8.90. The summed E-state index contributed by atoms with van der Waals surface area (Å²) >= 11 is 12.9. The van der Waals surface area contributed by atoms with Gasteiger partial charge in [0, 0.05) is 35.5 Å². The number of rotatable bonds is 4. The van der Waals surface area contributed by atoms with Gasteiger partial charge in [-0.3, -0.25) is 4.90 Å². The number of fused-ring (bicyclic) bond motifs is 1. The fourth-order valence-electron chi connectivity index (χ4n) is 3.88. The van der Waals surface area contributed by atoms with Gasteiger partial charge in [-0.1, -0.05) is 23.2 Å². The molecule has 1 amide bonds. The Morgan fingerprint density at radius 2 is 2.21 bits per heavy atom. The fourth-order valence-corrected chi connectivity index (χ4v) is 4.28. The molecule has 1 fully saturated rings. The lowest BCUT2D eigenvalue weighted by Crippen LogP contribution is -2.37. The quantitative estimate of drug-likeness (QED) is 0.433. The molecule has 2 aromatic heterocycles. The lowest BCUT2D eigenvalue weighted by atomic mass is 10.1. The number of nitrogens with zero attached hydrogens (tertiary/aromatic N) is 4. The highest BCUT2D eigenvalue weighted by Crippen LogP contribution is 2.43. The van der Waals surface area contributed by atoms with Crippen LogP contribution in [0.1, 0.15) is 46.3 Å². The van der Waals surface area contributed by atoms with E-state index in [1.54, 1.807) is 39.2 Å². The molecule has 1 aromatic carbocycles. The number of hydrogen-bond acceptors (Lipinski definition) is 5. The highest BCUT2D eigenvalue weighted by atomic mass is 35.5. The molecule has 3 heterocycles. The molecular formula is C23H25Cl2N5O3. The van der Waals surface area contributed by atoms with Gasteiger partial charge in [-0.25, -0.2) is 9.48 Å². The summed E-state index contributed by atoms with van der Waals surface area (Å²) in [6.07, 6.45) is 7.73. The van der Waals surface area contributed by atoms with E-state index in [2.05, 4.69) is 10.1 Å². The molecule has 1 aliphatic heterocycles. The van der Waals surface area contributed by atoms with E-state index in [0.717, 1.165) is 30.4 Å². The zero-order chi connectivity index (χ0) is 23.8. The number of carbonyl (C=O) groups is 1. The number of aromatic nitrogens is 3. The largest absolute Gasteiger partial charge is 0.443 e. The molecule has 33 heavy (non-hydrogen) atoms. The SMILES string of the molecule is CC(C)(C)OC(=O)N(CC#N)c1cc(Cl)c(Cl)c2[nH]cc(-c3cnn(C4CCCCO4)c3)c12. The van der Waals surface area contributed by atoms with Gasteiger partial charge in [0.25, 0.3) is 0 Å². The Labute approximate surface area is 202 Å². The molecule has 174 valence electrons. The molecule has 4 rings (SSSR count). The van der Waals surface area contributed by atoms with E-state index in [1.807, 2.05) is 16.9 Å². The first-order chi connectivity index (χ1) is 15.7. The maximum Gasteiger partial charge on any atom is 0.415 e. The zero-order valence-corrected chi connectivity index (χ0v) is 20.2. The van der Waals surface area contributed by atoms with E-state index in [0.29, 0.717) is 28.2 Å². The molecule has 1 aliphatic rings. The summed E-state index contributed by atoms with van der Waals surface area (Å²) in [5.41, 5.74) is 1.83. The molecule has 8 nitrogen and oxygen atoms in total. The Morgan fingerprint density at radius 3 is 2.88 bits per heavy atom. The Kier molecular flexibility index (Phi) is 6.57. The molecule has 1 atom stereocenters.